The highest BCUT2D eigenvalue weighted by atomic mass is 79.9. The summed E-state index contributed by atoms with van der Waals surface area (Å²) in [6, 6.07) is 14.9. The number of carbonyl (C=O) groups is 2. The number of carbonyl (C=O) groups excluding carboxylic acids is 1. The minimum atomic E-state index is -1.11. The summed E-state index contributed by atoms with van der Waals surface area (Å²) < 4.78 is 14.8. The van der Waals surface area contributed by atoms with Crippen molar-refractivity contribution < 1.29 is 19.1 Å². The molecule has 26 heavy (non-hydrogen) atoms. The van der Waals surface area contributed by atoms with E-state index in [2.05, 4.69) is 21.2 Å². The zero-order valence-corrected chi connectivity index (χ0v) is 15.0. The summed E-state index contributed by atoms with van der Waals surface area (Å²) in [4.78, 5) is 23.3. The van der Waals surface area contributed by atoms with E-state index in [0.717, 1.165) is 21.3 Å². The van der Waals surface area contributed by atoms with Crippen LogP contribution in [0.5, 0.6) is 0 Å². The number of hydrogen-bond donors (Lipinski definition) is 2. The molecule has 0 saturated heterocycles. The lowest BCUT2D eigenvalue weighted by Crippen LogP contribution is -2.13. The second-order valence-electron chi connectivity index (χ2n) is 5.54. The van der Waals surface area contributed by atoms with Crippen molar-refractivity contribution in [3.05, 3.63) is 82.1 Å². The first-order valence-corrected chi connectivity index (χ1v) is 8.43. The summed E-state index contributed by atoms with van der Waals surface area (Å²) >= 11 is 3.38. The summed E-state index contributed by atoms with van der Waals surface area (Å²) in [5, 5.41) is 12.9. The summed E-state index contributed by atoms with van der Waals surface area (Å²) in [7, 11) is 0. The predicted molar refractivity (Wildman–Crippen MR) is 103 cm³/mol. The van der Waals surface area contributed by atoms with Crippen LogP contribution in [-0.2, 0) is 4.79 Å². The molecule has 0 aliphatic heterocycles. The maximum absolute atomic E-state index is 14.1. The van der Waals surface area contributed by atoms with Crippen molar-refractivity contribution in [3.8, 4) is 0 Å². The molecule has 0 spiro atoms. The van der Waals surface area contributed by atoms with Crippen molar-refractivity contribution >= 4 is 50.3 Å². The monoisotopic (exact) mass is 413 g/mol. The molecule has 3 rings (SSSR count). The number of rotatable bonds is 4. The Hall–Kier alpha value is -2.99. The van der Waals surface area contributed by atoms with Gasteiger partial charge in [0, 0.05) is 16.1 Å². The van der Waals surface area contributed by atoms with Crippen LogP contribution in [0.25, 0.3) is 16.8 Å². The average Bonchev–Trinajstić information content (AvgIpc) is 2.61. The molecule has 0 saturated carbocycles. The molecule has 2 N–H and O–H groups in total. The van der Waals surface area contributed by atoms with Gasteiger partial charge in [0.2, 0.25) is 0 Å². The smallest absolute Gasteiger partial charge is 0.328 e. The van der Waals surface area contributed by atoms with Gasteiger partial charge in [0.15, 0.2) is 0 Å². The average molecular weight is 414 g/mol. The van der Waals surface area contributed by atoms with Crippen LogP contribution in [0.1, 0.15) is 15.9 Å². The van der Waals surface area contributed by atoms with Crippen LogP contribution in [0.15, 0.2) is 65.1 Å². The number of aliphatic carboxylic acids is 1. The summed E-state index contributed by atoms with van der Waals surface area (Å²) in [5.41, 5.74) is 0.843. The van der Waals surface area contributed by atoms with Crippen molar-refractivity contribution in [2.24, 2.45) is 0 Å². The molecule has 0 heterocycles. The molecule has 3 aromatic carbocycles. The Morgan fingerprint density at radius 3 is 2.62 bits per heavy atom. The minimum Gasteiger partial charge on any atom is -0.478 e. The standard InChI is InChI=1S/C20H13BrFNO3/c21-14-10-13-3-1-2-4-15(13)16(11-14)20(26)23-18-9-12(5-7-17(18)22)6-8-19(24)25/h1-11H,(H,23,26)(H,24,25). The molecule has 0 aliphatic rings. The fraction of sp³-hybridized carbons (Fsp3) is 0. The molecule has 6 heteroatoms. The Bertz CT molecular complexity index is 1050. The SMILES string of the molecule is O=C(O)C=Cc1ccc(F)c(NC(=O)c2cc(Br)cc3ccccc23)c1. The topological polar surface area (TPSA) is 66.4 Å². The van der Waals surface area contributed by atoms with Crippen molar-refractivity contribution in [2.45, 2.75) is 0 Å². The molecule has 0 bridgehead atoms. The molecule has 0 aromatic heterocycles. The molecule has 1 amide bonds. The van der Waals surface area contributed by atoms with Crippen LogP contribution in [0, 0.1) is 5.82 Å². The van der Waals surface area contributed by atoms with Gasteiger partial charge < -0.3 is 10.4 Å². The van der Waals surface area contributed by atoms with Crippen molar-refractivity contribution in [1.82, 2.24) is 0 Å². The van der Waals surface area contributed by atoms with Gasteiger partial charge in [-0.2, -0.15) is 0 Å². The van der Waals surface area contributed by atoms with Gasteiger partial charge in [-0.05, 0) is 46.7 Å². The Labute approximate surface area is 157 Å². The molecule has 0 fully saturated rings. The lowest BCUT2D eigenvalue weighted by atomic mass is 10.0. The number of benzene rings is 3. The minimum absolute atomic E-state index is 0.0217. The number of fused-ring (bicyclic) bond motifs is 1. The Morgan fingerprint density at radius 1 is 1.08 bits per heavy atom. The summed E-state index contributed by atoms with van der Waals surface area (Å²) in [6.07, 6.45) is 2.27. The largest absolute Gasteiger partial charge is 0.478 e. The highest BCUT2D eigenvalue weighted by Gasteiger charge is 2.14. The van der Waals surface area contributed by atoms with E-state index in [1.54, 1.807) is 6.07 Å². The van der Waals surface area contributed by atoms with Crippen LogP contribution in [0.2, 0.25) is 0 Å². The van der Waals surface area contributed by atoms with E-state index >= 15 is 0 Å². The molecular formula is C20H13BrFNO3. The number of anilines is 1. The molecule has 3 aromatic rings. The zero-order valence-electron chi connectivity index (χ0n) is 13.4. The van der Waals surface area contributed by atoms with Crippen LogP contribution < -0.4 is 5.32 Å². The maximum atomic E-state index is 14.1. The van der Waals surface area contributed by atoms with E-state index < -0.39 is 17.7 Å². The van der Waals surface area contributed by atoms with Gasteiger partial charge in [0.1, 0.15) is 5.82 Å². The number of carboxylic acid groups (broad SMARTS) is 1. The van der Waals surface area contributed by atoms with E-state index in [4.69, 9.17) is 5.11 Å². The molecule has 0 aliphatic carbocycles. The molecule has 130 valence electrons. The quantitative estimate of drug-likeness (QED) is 0.585. The van der Waals surface area contributed by atoms with E-state index in [1.807, 2.05) is 30.3 Å². The first-order valence-electron chi connectivity index (χ1n) is 7.64. The predicted octanol–water partition coefficient (Wildman–Crippen LogP) is 5.09. The van der Waals surface area contributed by atoms with E-state index in [0.29, 0.717) is 11.1 Å². The van der Waals surface area contributed by atoms with Gasteiger partial charge in [-0.25, -0.2) is 9.18 Å². The molecule has 0 unspecified atom stereocenters. The first kappa shape index (κ1) is 17.8. The Morgan fingerprint density at radius 2 is 1.85 bits per heavy atom. The van der Waals surface area contributed by atoms with Gasteiger partial charge in [0.25, 0.3) is 5.91 Å². The summed E-state index contributed by atoms with van der Waals surface area (Å²) in [6.45, 7) is 0. The van der Waals surface area contributed by atoms with Crippen LogP contribution in [0.4, 0.5) is 10.1 Å². The fourth-order valence-electron chi connectivity index (χ4n) is 2.56. The Kier molecular flexibility index (Phi) is 5.14. The normalized spacial score (nSPS) is 11.0. The van der Waals surface area contributed by atoms with Gasteiger partial charge in [-0.15, -0.1) is 0 Å². The van der Waals surface area contributed by atoms with Crippen molar-refractivity contribution in [3.63, 3.8) is 0 Å². The third-order valence-electron chi connectivity index (χ3n) is 3.73. The lowest BCUT2D eigenvalue weighted by molar-refractivity contribution is -0.131. The fourth-order valence-corrected chi connectivity index (χ4v) is 3.04. The van der Waals surface area contributed by atoms with Gasteiger partial charge in [-0.3, -0.25) is 4.79 Å². The second kappa shape index (κ2) is 7.49. The number of amides is 1. The number of carboxylic acids is 1. The van der Waals surface area contributed by atoms with Crippen LogP contribution in [0.3, 0.4) is 0 Å². The van der Waals surface area contributed by atoms with Gasteiger partial charge in [0.05, 0.1) is 5.69 Å². The highest BCUT2D eigenvalue weighted by molar-refractivity contribution is 9.10. The molecule has 0 atom stereocenters. The number of halogens is 2. The van der Waals surface area contributed by atoms with Gasteiger partial charge in [-0.1, -0.05) is 46.3 Å². The van der Waals surface area contributed by atoms with Crippen LogP contribution in [-0.4, -0.2) is 17.0 Å². The molecule has 0 radical (unpaired) electrons. The maximum Gasteiger partial charge on any atom is 0.328 e. The zero-order chi connectivity index (χ0) is 18.7. The van der Waals surface area contributed by atoms with E-state index in [1.165, 1.54) is 24.3 Å². The van der Waals surface area contributed by atoms with Crippen molar-refractivity contribution in [2.75, 3.05) is 5.32 Å². The van der Waals surface area contributed by atoms with E-state index in [-0.39, 0.29) is 5.69 Å². The second-order valence-corrected chi connectivity index (χ2v) is 6.46. The van der Waals surface area contributed by atoms with E-state index in [9.17, 15) is 14.0 Å². The molecule has 4 nitrogen and oxygen atoms in total. The van der Waals surface area contributed by atoms with Crippen molar-refractivity contribution in [1.29, 1.82) is 0 Å². The molecular weight excluding hydrogens is 401 g/mol. The summed E-state index contributed by atoms with van der Waals surface area (Å²) in [5.74, 6) is -2.17. The highest BCUT2D eigenvalue weighted by Crippen LogP contribution is 2.26. The Balaban J connectivity index is 1.96. The number of hydrogen-bond acceptors (Lipinski definition) is 2. The van der Waals surface area contributed by atoms with Gasteiger partial charge >= 0.3 is 5.97 Å². The third-order valence-corrected chi connectivity index (χ3v) is 4.19. The first-order chi connectivity index (χ1) is 12.4. The van der Waals surface area contributed by atoms with Crippen LogP contribution >= 0.6 is 15.9 Å². The third kappa shape index (κ3) is 3.97. The lowest BCUT2D eigenvalue weighted by Gasteiger charge is -2.10. The number of nitrogens with one attached hydrogen (secondary N) is 1.